The molecule has 0 saturated carbocycles. The number of benzene rings is 1. The zero-order valence-corrected chi connectivity index (χ0v) is 12.3. The Balaban J connectivity index is 1.79. The van der Waals surface area contributed by atoms with E-state index >= 15 is 0 Å². The molecule has 0 bridgehead atoms. The van der Waals surface area contributed by atoms with Gasteiger partial charge in [0.2, 0.25) is 0 Å². The van der Waals surface area contributed by atoms with Gasteiger partial charge in [-0.1, -0.05) is 12.1 Å². The van der Waals surface area contributed by atoms with Crippen LogP contribution in [0.25, 0.3) is 0 Å². The van der Waals surface area contributed by atoms with Gasteiger partial charge in [-0.2, -0.15) is 0 Å². The van der Waals surface area contributed by atoms with Crippen LogP contribution in [-0.4, -0.2) is 44.3 Å². The van der Waals surface area contributed by atoms with Crippen LogP contribution in [0.4, 0.5) is 0 Å². The first-order valence-corrected chi connectivity index (χ1v) is 7.33. The zero-order chi connectivity index (χ0) is 13.7. The predicted molar refractivity (Wildman–Crippen MR) is 79.3 cm³/mol. The summed E-state index contributed by atoms with van der Waals surface area (Å²) in [5, 5.41) is 0. The van der Waals surface area contributed by atoms with Crippen LogP contribution in [0.3, 0.4) is 0 Å². The Morgan fingerprint density at radius 1 is 1.32 bits per heavy atom. The molecule has 2 rings (SSSR count). The van der Waals surface area contributed by atoms with Gasteiger partial charge in [-0.3, -0.25) is 0 Å². The van der Waals surface area contributed by atoms with Gasteiger partial charge < -0.3 is 15.0 Å². The summed E-state index contributed by atoms with van der Waals surface area (Å²) >= 11 is 0. The number of hydrogen-bond donors (Lipinski definition) is 1. The van der Waals surface area contributed by atoms with E-state index in [-0.39, 0.29) is 0 Å². The fourth-order valence-electron chi connectivity index (χ4n) is 3.14. The summed E-state index contributed by atoms with van der Waals surface area (Å²) in [5.41, 5.74) is 7.49. The van der Waals surface area contributed by atoms with Gasteiger partial charge in [-0.15, -0.1) is 0 Å². The van der Waals surface area contributed by atoms with E-state index in [0.29, 0.717) is 6.04 Å². The van der Waals surface area contributed by atoms with E-state index in [4.69, 9.17) is 10.5 Å². The monoisotopic (exact) mass is 263 g/mol. The maximum absolute atomic E-state index is 6.10. The normalized spacial score (nSPS) is 27.2. The molecule has 0 aliphatic carbocycles. The molecule has 1 aliphatic rings. The first-order valence-electron chi connectivity index (χ1n) is 7.33. The van der Waals surface area contributed by atoms with Crippen molar-refractivity contribution >= 4 is 0 Å². The first kappa shape index (κ1) is 14.4. The lowest BCUT2D eigenvalue weighted by Crippen LogP contribution is -2.55. The molecule has 3 nitrogen and oxygen atoms in total. The largest absolute Gasteiger partial charge is 0.497 e. The molecule has 0 spiro atoms. The van der Waals surface area contributed by atoms with E-state index in [1.54, 1.807) is 7.11 Å². The van der Waals surface area contributed by atoms with Crippen LogP contribution < -0.4 is 10.5 Å². The van der Waals surface area contributed by atoms with Gasteiger partial charge in [-0.05, 0) is 37.0 Å². The van der Waals surface area contributed by atoms with Gasteiger partial charge in [-0.25, -0.2) is 0 Å². The van der Waals surface area contributed by atoms with E-state index in [1.165, 1.54) is 37.9 Å². The highest BCUT2D eigenvalue weighted by Gasteiger charge is 2.28. The minimum Gasteiger partial charge on any atom is -0.497 e. The Bertz CT molecular complexity index is 390. The quantitative estimate of drug-likeness (QED) is 0.827. The Labute approximate surface area is 116 Å². The van der Waals surface area contributed by atoms with E-state index in [0.717, 1.165) is 23.2 Å². The van der Waals surface area contributed by atoms with E-state index in [2.05, 4.69) is 19.2 Å². The van der Waals surface area contributed by atoms with E-state index in [9.17, 15) is 0 Å². The number of hydrogen-bond acceptors (Lipinski definition) is 2. The topological polar surface area (TPSA) is 35.2 Å². The third kappa shape index (κ3) is 4.22. The molecule has 1 aromatic rings. The van der Waals surface area contributed by atoms with Crippen LogP contribution in [0.1, 0.15) is 24.8 Å². The number of piperidine rings is 1. The zero-order valence-electron chi connectivity index (χ0n) is 12.3. The van der Waals surface area contributed by atoms with Gasteiger partial charge in [0, 0.05) is 6.42 Å². The van der Waals surface area contributed by atoms with Gasteiger partial charge >= 0.3 is 0 Å². The molecule has 2 N–H and O–H groups in total. The van der Waals surface area contributed by atoms with Crippen molar-refractivity contribution in [2.45, 2.75) is 31.7 Å². The first-order chi connectivity index (χ1) is 9.11. The minimum absolute atomic E-state index is 0.403. The molecule has 106 valence electrons. The third-order valence-electron chi connectivity index (χ3n) is 4.27. The smallest absolute Gasteiger partial charge is 0.118 e. The molecule has 1 aliphatic heterocycles. The highest BCUT2D eigenvalue weighted by Crippen LogP contribution is 2.18. The molecule has 1 fully saturated rings. The molecule has 3 heteroatoms. The fraction of sp³-hybridized carbons (Fsp3) is 0.625. The number of likely N-dealkylation sites (tertiary alicyclic amines) is 1. The lowest BCUT2D eigenvalue weighted by Gasteiger charge is -2.40. The molecule has 1 aromatic carbocycles. The number of quaternary nitrogens is 1. The molecule has 1 saturated heterocycles. The van der Waals surface area contributed by atoms with Gasteiger partial charge in [0.25, 0.3) is 0 Å². The summed E-state index contributed by atoms with van der Waals surface area (Å²) in [6.45, 7) is 3.67. The highest BCUT2D eigenvalue weighted by atomic mass is 16.5. The van der Waals surface area contributed by atoms with Crippen molar-refractivity contribution in [2.75, 3.05) is 33.8 Å². The summed E-state index contributed by atoms with van der Waals surface area (Å²) in [6.07, 6.45) is 4.86. The van der Waals surface area contributed by atoms with Crippen LogP contribution in [0.2, 0.25) is 0 Å². The van der Waals surface area contributed by atoms with Crippen molar-refractivity contribution in [1.29, 1.82) is 0 Å². The molecule has 0 radical (unpaired) electrons. The average molecular weight is 263 g/mol. The maximum atomic E-state index is 6.10. The number of rotatable bonds is 5. The van der Waals surface area contributed by atoms with E-state index in [1.807, 2.05) is 12.1 Å². The summed E-state index contributed by atoms with van der Waals surface area (Å²) in [4.78, 5) is 0. The van der Waals surface area contributed by atoms with Crippen LogP contribution >= 0.6 is 0 Å². The Morgan fingerprint density at radius 2 is 2.05 bits per heavy atom. The SMILES string of the molecule is COc1ccc(CCC[N+]2(C)CCCC(N)C2)cc1. The van der Waals surface area contributed by atoms with Crippen molar-refractivity contribution in [3.05, 3.63) is 29.8 Å². The molecule has 1 heterocycles. The maximum Gasteiger partial charge on any atom is 0.118 e. The van der Waals surface area contributed by atoms with Crippen molar-refractivity contribution in [1.82, 2.24) is 0 Å². The summed E-state index contributed by atoms with van der Waals surface area (Å²) in [5.74, 6) is 0.935. The molecule has 0 amide bonds. The number of nitrogens with two attached hydrogens (primary N) is 1. The van der Waals surface area contributed by atoms with Crippen LogP contribution in [0.5, 0.6) is 5.75 Å². The lowest BCUT2D eigenvalue weighted by molar-refractivity contribution is -0.914. The van der Waals surface area contributed by atoms with Crippen LogP contribution in [-0.2, 0) is 6.42 Å². The molecule has 2 atom stereocenters. The van der Waals surface area contributed by atoms with E-state index < -0.39 is 0 Å². The fourth-order valence-corrected chi connectivity index (χ4v) is 3.14. The van der Waals surface area contributed by atoms with Crippen molar-refractivity contribution in [2.24, 2.45) is 5.73 Å². The number of methoxy groups -OCH3 is 1. The highest BCUT2D eigenvalue weighted by molar-refractivity contribution is 5.27. The minimum atomic E-state index is 0.403. The van der Waals surface area contributed by atoms with Crippen molar-refractivity contribution in [3.63, 3.8) is 0 Å². The Hall–Kier alpha value is -1.06. The molecule has 0 aromatic heterocycles. The number of aryl methyl sites for hydroxylation is 1. The summed E-state index contributed by atoms with van der Waals surface area (Å²) < 4.78 is 6.33. The van der Waals surface area contributed by atoms with Gasteiger partial charge in [0.15, 0.2) is 0 Å². The number of nitrogens with zero attached hydrogens (tertiary/aromatic N) is 1. The Kier molecular flexibility index (Phi) is 4.83. The summed E-state index contributed by atoms with van der Waals surface area (Å²) in [6, 6.07) is 8.83. The summed E-state index contributed by atoms with van der Waals surface area (Å²) in [7, 11) is 4.06. The van der Waals surface area contributed by atoms with Gasteiger partial charge in [0.05, 0.1) is 39.8 Å². The van der Waals surface area contributed by atoms with Crippen LogP contribution in [0, 0.1) is 0 Å². The lowest BCUT2D eigenvalue weighted by atomic mass is 10.0. The second kappa shape index (κ2) is 6.40. The third-order valence-corrected chi connectivity index (χ3v) is 4.27. The van der Waals surface area contributed by atoms with Crippen molar-refractivity contribution in [3.8, 4) is 5.75 Å². The average Bonchev–Trinajstić information content (AvgIpc) is 2.39. The Morgan fingerprint density at radius 3 is 2.68 bits per heavy atom. The van der Waals surface area contributed by atoms with Crippen molar-refractivity contribution < 1.29 is 9.22 Å². The second-order valence-corrected chi connectivity index (χ2v) is 6.10. The number of likely N-dealkylation sites (N-methyl/N-ethyl adjacent to an activating group) is 1. The standard InChI is InChI=1S/C16H27N2O/c1-18(12-4-6-15(17)13-18)11-3-5-14-7-9-16(19-2)10-8-14/h7-10,15H,3-6,11-13,17H2,1-2H3/q+1. The molecule has 2 unspecified atom stereocenters. The molecule has 19 heavy (non-hydrogen) atoms. The number of ether oxygens (including phenoxy) is 1. The second-order valence-electron chi connectivity index (χ2n) is 6.10. The van der Waals surface area contributed by atoms with Crippen LogP contribution in [0.15, 0.2) is 24.3 Å². The van der Waals surface area contributed by atoms with Gasteiger partial charge in [0.1, 0.15) is 5.75 Å². The predicted octanol–water partition coefficient (Wildman–Crippen LogP) is 2.20. The molecular weight excluding hydrogens is 236 g/mol. The molecular formula is C16H27N2O+.